The lowest BCUT2D eigenvalue weighted by Gasteiger charge is -2.26. The van der Waals surface area contributed by atoms with Crippen LogP contribution in [-0.4, -0.2) is 29.9 Å². The van der Waals surface area contributed by atoms with Crippen molar-refractivity contribution in [2.75, 3.05) is 18.1 Å². The molecule has 1 N–H and O–H groups in total. The standard InChI is InChI=1S/C20H23N3O3/c1-2-26-20-16(6-5-12-21-20)14-22-19(25)15-8-10-17(11-9-15)23-13-4-3-7-18(23)24/h5-6,8-12H,2-4,7,13-14H2,1H3,(H,22,25). The van der Waals surface area contributed by atoms with Gasteiger partial charge in [0.1, 0.15) is 0 Å². The van der Waals surface area contributed by atoms with Crippen LogP contribution in [0.1, 0.15) is 42.1 Å². The van der Waals surface area contributed by atoms with E-state index >= 15 is 0 Å². The first-order chi connectivity index (χ1) is 12.7. The molecule has 2 aromatic rings. The van der Waals surface area contributed by atoms with Crippen LogP contribution in [0.2, 0.25) is 0 Å². The molecule has 0 saturated carbocycles. The largest absolute Gasteiger partial charge is 0.478 e. The van der Waals surface area contributed by atoms with Gasteiger partial charge >= 0.3 is 0 Å². The predicted molar refractivity (Wildman–Crippen MR) is 99.2 cm³/mol. The molecule has 0 unspecified atom stereocenters. The number of pyridine rings is 1. The molecule has 2 amide bonds. The van der Waals surface area contributed by atoms with Gasteiger partial charge in [-0.3, -0.25) is 9.59 Å². The molecule has 1 aliphatic rings. The normalized spacial score (nSPS) is 14.2. The fourth-order valence-corrected chi connectivity index (χ4v) is 2.97. The number of piperidine rings is 1. The third kappa shape index (κ3) is 4.20. The Balaban J connectivity index is 1.62. The zero-order chi connectivity index (χ0) is 18.4. The first kappa shape index (κ1) is 17.9. The summed E-state index contributed by atoms with van der Waals surface area (Å²) in [5.74, 6) is 0.510. The highest BCUT2D eigenvalue weighted by atomic mass is 16.5. The van der Waals surface area contributed by atoms with Gasteiger partial charge in [-0.05, 0) is 50.1 Å². The van der Waals surface area contributed by atoms with Gasteiger partial charge in [-0.25, -0.2) is 4.98 Å². The number of nitrogens with one attached hydrogen (secondary N) is 1. The average Bonchev–Trinajstić information content (AvgIpc) is 2.68. The minimum atomic E-state index is -0.173. The number of hydrogen-bond acceptors (Lipinski definition) is 4. The summed E-state index contributed by atoms with van der Waals surface area (Å²) in [5.41, 5.74) is 2.23. The maximum absolute atomic E-state index is 12.4. The summed E-state index contributed by atoms with van der Waals surface area (Å²) in [5, 5.41) is 2.88. The Kier molecular flexibility index (Phi) is 5.84. The number of carbonyl (C=O) groups is 2. The second kappa shape index (κ2) is 8.47. The molecule has 0 atom stereocenters. The molecular formula is C20H23N3O3. The van der Waals surface area contributed by atoms with Crippen LogP contribution in [-0.2, 0) is 11.3 Å². The van der Waals surface area contributed by atoms with E-state index in [0.29, 0.717) is 31.0 Å². The van der Waals surface area contributed by atoms with Crippen molar-refractivity contribution in [3.8, 4) is 5.88 Å². The number of benzene rings is 1. The van der Waals surface area contributed by atoms with Crippen LogP contribution in [0.4, 0.5) is 5.69 Å². The maximum Gasteiger partial charge on any atom is 0.251 e. The number of rotatable bonds is 6. The van der Waals surface area contributed by atoms with Gasteiger partial charge in [0.05, 0.1) is 6.61 Å². The number of hydrogen-bond donors (Lipinski definition) is 1. The second-order valence-corrected chi connectivity index (χ2v) is 6.13. The van der Waals surface area contributed by atoms with Crippen LogP contribution >= 0.6 is 0 Å². The highest BCUT2D eigenvalue weighted by Crippen LogP contribution is 2.21. The topological polar surface area (TPSA) is 71.5 Å². The fourth-order valence-electron chi connectivity index (χ4n) is 2.97. The molecule has 0 spiro atoms. The Bertz CT molecular complexity index is 774. The Labute approximate surface area is 153 Å². The van der Waals surface area contributed by atoms with Gasteiger partial charge in [0, 0.05) is 42.5 Å². The molecule has 136 valence electrons. The third-order valence-electron chi connectivity index (χ3n) is 4.34. The van der Waals surface area contributed by atoms with Crippen molar-refractivity contribution in [2.24, 2.45) is 0 Å². The summed E-state index contributed by atoms with van der Waals surface area (Å²) in [6.45, 7) is 3.50. The summed E-state index contributed by atoms with van der Waals surface area (Å²) in [6.07, 6.45) is 4.22. The summed E-state index contributed by atoms with van der Waals surface area (Å²) in [6, 6.07) is 10.8. The number of nitrogens with zero attached hydrogens (tertiary/aromatic N) is 2. The lowest BCUT2D eigenvalue weighted by atomic mass is 10.1. The number of amides is 2. The molecule has 0 bridgehead atoms. The van der Waals surface area contributed by atoms with Gasteiger partial charge in [0.25, 0.3) is 5.91 Å². The average molecular weight is 353 g/mol. The van der Waals surface area contributed by atoms with Crippen molar-refractivity contribution >= 4 is 17.5 Å². The van der Waals surface area contributed by atoms with Gasteiger partial charge in [0.2, 0.25) is 11.8 Å². The van der Waals surface area contributed by atoms with Crippen molar-refractivity contribution in [1.29, 1.82) is 0 Å². The zero-order valence-corrected chi connectivity index (χ0v) is 14.9. The first-order valence-electron chi connectivity index (χ1n) is 8.94. The summed E-state index contributed by atoms with van der Waals surface area (Å²) in [7, 11) is 0. The summed E-state index contributed by atoms with van der Waals surface area (Å²) in [4.78, 5) is 30.3. The smallest absolute Gasteiger partial charge is 0.251 e. The maximum atomic E-state index is 12.4. The van der Waals surface area contributed by atoms with Gasteiger partial charge in [-0.15, -0.1) is 0 Å². The second-order valence-electron chi connectivity index (χ2n) is 6.13. The van der Waals surface area contributed by atoms with Gasteiger partial charge in [-0.1, -0.05) is 6.07 Å². The first-order valence-corrected chi connectivity index (χ1v) is 8.94. The molecule has 1 aromatic heterocycles. The summed E-state index contributed by atoms with van der Waals surface area (Å²) < 4.78 is 5.47. The lowest BCUT2D eigenvalue weighted by molar-refractivity contribution is -0.119. The Morgan fingerprint density at radius 3 is 2.77 bits per heavy atom. The van der Waals surface area contributed by atoms with E-state index in [-0.39, 0.29) is 11.8 Å². The van der Waals surface area contributed by atoms with Crippen LogP contribution in [0.3, 0.4) is 0 Å². The van der Waals surface area contributed by atoms with Gasteiger partial charge in [0.15, 0.2) is 0 Å². The van der Waals surface area contributed by atoms with Crippen LogP contribution in [0.5, 0.6) is 5.88 Å². The third-order valence-corrected chi connectivity index (χ3v) is 4.34. The van der Waals surface area contributed by atoms with Gasteiger partial charge in [-0.2, -0.15) is 0 Å². The zero-order valence-electron chi connectivity index (χ0n) is 14.9. The highest BCUT2D eigenvalue weighted by molar-refractivity contribution is 5.96. The van der Waals surface area contributed by atoms with Crippen LogP contribution in [0, 0.1) is 0 Å². The Morgan fingerprint density at radius 2 is 2.04 bits per heavy atom. The highest BCUT2D eigenvalue weighted by Gasteiger charge is 2.19. The predicted octanol–water partition coefficient (Wildman–Crippen LogP) is 2.93. The number of ether oxygens (including phenoxy) is 1. The van der Waals surface area contributed by atoms with E-state index in [4.69, 9.17) is 4.74 Å². The van der Waals surface area contributed by atoms with Crippen molar-refractivity contribution in [3.05, 3.63) is 53.7 Å². The quantitative estimate of drug-likeness (QED) is 0.867. The van der Waals surface area contributed by atoms with E-state index in [2.05, 4.69) is 10.3 Å². The molecule has 1 aromatic carbocycles. The number of anilines is 1. The van der Waals surface area contributed by atoms with Crippen LogP contribution in [0.15, 0.2) is 42.6 Å². The Morgan fingerprint density at radius 1 is 1.23 bits per heavy atom. The number of aromatic nitrogens is 1. The fraction of sp³-hybridized carbons (Fsp3) is 0.350. The lowest BCUT2D eigenvalue weighted by Crippen LogP contribution is -2.35. The van der Waals surface area contributed by atoms with E-state index < -0.39 is 0 Å². The van der Waals surface area contributed by atoms with E-state index in [9.17, 15) is 9.59 Å². The van der Waals surface area contributed by atoms with Crippen LogP contribution in [0.25, 0.3) is 0 Å². The molecule has 3 rings (SSSR count). The SMILES string of the molecule is CCOc1ncccc1CNC(=O)c1ccc(N2CCCCC2=O)cc1. The minimum Gasteiger partial charge on any atom is -0.478 e. The molecule has 26 heavy (non-hydrogen) atoms. The van der Waals surface area contributed by atoms with E-state index in [1.54, 1.807) is 23.2 Å². The van der Waals surface area contributed by atoms with Crippen LogP contribution < -0.4 is 15.0 Å². The monoisotopic (exact) mass is 353 g/mol. The molecule has 1 aliphatic heterocycles. The van der Waals surface area contributed by atoms with Crippen molar-refractivity contribution < 1.29 is 14.3 Å². The van der Waals surface area contributed by atoms with E-state index in [1.807, 2.05) is 31.2 Å². The molecule has 2 heterocycles. The van der Waals surface area contributed by atoms with E-state index in [1.165, 1.54) is 0 Å². The van der Waals surface area contributed by atoms with Crippen molar-refractivity contribution in [1.82, 2.24) is 10.3 Å². The molecule has 0 radical (unpaired) electrons. The van der Waals surface area contributed by atoms with E-state index in [0.717, 1.165) is 30.6 Å². The molecule has 6 nitrogen and oxygen atoms in total. The van der Waals surface area contributed by atoms with Crippen molar-refractivity contribution in [2.45, 2.75) is 32.7 Å². The minimum absolute atomic E-state index is 0.147. The molecule has 6 heteroatoms. The summed E-state index contributed by atoms with van der Waals surface area (Å²) >= 11 is 0. The molecule has 1 fully saturated rings. The van der Waals surface area contributed by atoms with Gasteiger partial charge < -0.3 is 15.0 Å². The molecular weight excluding hydrogens is 330 g/mol. The van der Waals surface area contributed by atoms with Crippen molar-refractivity contribution in [3.63, 3.8) is 0 Å². The molecule has 0 aliphatic carbocycles. The Hall–Kier alpha value is -2.89. The molecule has 1 saturated heterocycles. The number of carbonyl (C=O) groups excluding carboxylic acids is 2.